The van der Waals surface area contributed by atoms with Crippen LogP contribution in [0.25, 0.3) is 0 Å². The molecule has 2 aliphatic rings. The number of carbonyl (C=O) groups is 1. The highest BCUT2D eigenvalue weighted by atomic mass is 35.5. The van der Waals surface area contributed by atoms with Gasteiger partial charge in [0.25, 0.3) is 0 Å². The van der Waals surface area contributed by atoms with Crippen molar-refractivity contribution < 1.29 is 4.79 Å². The Morgan fingerprint density at radius 3 is 2.57 bits per heavy atom. The van der Waals surface area contributed by atoms with Crippen molar-refractivity contribution in [1.29, 1.82) is 0 Å². The van der Waals surface area contributed by atoms with Gasteiger partial charge in [0.05, 0.1) is 16.6 Å². The van der Waals surface area contributed by atoms with E-state index in [0.29, 0.717) is 0 Å². The van der Waals surface area contributed by atoms with Gasteiger partial charge >= 0.3 is 0 Å². The molecule has 23 heavy (non-hydrogen) atoms. The number of piperazine rings is 1. The largest absolute Gasteiger partial charge is 0.367 e. The average Bonchev–Trinajstić information content (AvgIpc) is 2.54. The number of para-hydroxylation sites is 1. The molecule has 0 aromatic heterocycles. The van der Waals surface area contributed by atoms with Crippen LogP contribution in [0, 0.1) is 5.92 Å². The van der Waals surface area contributed by atoms with Gasteiger partial charge in [0.2, 0.25) is 5.91 Å². The zero-order chi connectivity index (χ0) is 16.4. The fourth-order valence-corrected chi connectivity index (χ4v) is 4.12. The van der Waals surface area contributed by atoms with Gasteiger partial charge in [-0.05, 0) is 31.9 Å². The number of amides is 1. The first-order valence-corrected chi connectivity index (χ1v) is 8.94. The summed E-state index contributed by atoms with van der Waals surface area (Å²) in [6.07, 6.45) is 4.12. The summed E-state index contributed by atoms with van der Waals surface area (Å²) < 4.78 is 0. The Kier molecular flexibility index (Phi) is 4.83. The molecule has 1 aromatic carbocycles. The minimum atomic E-state index is -0.352. The van der Waals surface area contributed by atoms with Crippen molar-refractivity contribution in [1.82, 2.24) is 4.90 Å². The predicted octanol–water partition coefficient (Wildman–Crippen LogP) is 2.90. The van der Waals surface area contributed by atoms with Crippen LogP contribution in [-0.4, -0.2) is 42.5 Å². The maximum absolute atomic E-state index is 12.9. The fraction of sp³-hybridized carbons (Fsp3) is 0.611. The van der Waals surface area contributed by atoms with E-state index in [4.69, 9.17) is 17.3 Å². The monoisotopic (exact) mass is 335 g/mol. The molecule has 1 saturated carbocycles. The molecule has 1 amide bonds. The summed E-state index contributed by atoms with van der Waals surface area (Å²) in [6.45, 7) is 5.18. The summed E-state index contributed by atoms with van der Waals surface area (Å²) in [5, 5.41) is 0.772. The number of hydrogen-bond acceptors (Lipinski definition) is 3. The molecular formula is C18H26ClN3O. The van der Waals surface area contributed by atoms with Crippen LogP contribution < -0.4 is 10.6 Å². The third-order valence-electron chi connectivity index (χ3n) is 5.34. The zero-order valence-electron chi connectivity index (χ0n) is 13.8. The van der Waals surface area contributed by atoms with Crippen molar-refractivity contribution in [2.24, 2.45) is 11.7 Å². The molecule has 1 heterocycles. The molecule has 126 valence electrons. The molecule has 0 radical (unpaired) electrons. The number of rotatable bonds is 2. The molecule has 3 rings (SSSR count). The van der Waals surface area contributed by atoms with E-state index in [1.165, 1.54) is 0 Å². The van der Waals surface area contributed by atoms with E-state index in [0.717, 1.165) is 62.6 Å². The fourth-order valence-electron chi connectivity index (χ4n) is 3.86. The highest BCUT2D eigenvalue weighted by molar-refractivity contribution is 6.33. The van der Waals surface area contributed by atoms with Crippen LogP contribution in [0.3, 0.4) is 0 Å². The van der Waals surface area contributed by atoms with E-state index in [9.17, 15) is 4.79 Å². The molecule has 2 unspecified atom stereocenters. The molecule has 0 spiro atoms. The molecule has 1 saturated heterocycles. The van der Waals surface area contributed by atoms with Crippen LogP contribution in [0.1, 0.15) is 32.6 Å². The van der Waals surface area contributed by atoms with E-state index in [1.807, 2.05) is 36.1 Å². The van der Waals surface area contributed by atoms with Crippen LogP contribution in [0.2, 0.25) is 5.02 Å². The summed E-state index contributed by atoms with van der Waals surface area (Å²) in [7, 11) is 0. The number of halogens is 1. The van der Waals surface area contributed by atoms with E-state index < -0.39 is 0 Å². The van der Waals surface area contributed by atoms with Crippen molar-refractivity contribution >= 4 is 23.2 Å². The lowest BCUT2D eigenvalue weighted by Gasteiger charge is -2.43. The SMILES string of the molecule is CC1(N)CCCCC1C(=O)N1CCN(c2ccccc2Cl)CC1. The zero-order valence-corrected chi connectivity index (χ0v) is 14.6. The molecule has 5 heteroatoms. The van der Waals surface area contributed by atoms with Gasteiger partial charge in [-0.3, -0.25) is 4.79 Å². The summed E-state index contributed by atoms with van der Waals surface area (Å²) >= 11 is 6.28. The molecule has 2 N–H and O–H groups in total. The Hall–Kier alpha value is -1.26. The van der Waals surface area contributed by atoms with E-state index in [-0.39, 0.29) is 17.4 Å². The lowest BCUT2D eigenvalue weighted by atomic mass is 9.74. The van der Waals surface area contributed by atoms with Gasteiger partial charge < -0.3 is 15.5 Å². The Balaban J connectivity index is 1.62. The number of nitrogens with zero attached hydrogens (tertiary/aromatic N) is 2. The topological polar surface area (TPSA) is 49.6 Å². The third-order valence-corrected chi connectivity index (χ3v) is 5.66. The number of anilines is 1. The van der Waals surface area contributed by atoms with Crippen LogP contribution in [0.5, 0.6) is 0 Å². The Bertz CT molecular complexity index is 567. The Labute approximate surface area is 143 Å². The molecule has 1 aromatic rings. The standard InChI is InChI=1S/C18H26ClN3O/c1-18(20)9-5-4-6-14(18)17(23)22-12-10-21(11-13-22)16-8-3-2-7-15(16)19/h2-3,7-8,14H,4-6,9-13,20H2,1H3. The van der Waals surface area contributed by atoms with Gasteiger partial charge in [0, 0.05) is 31.7 Å². The van der Waals surface area contributed by atoms with E-state index in [2.05, 4.69) is 4.90 Å². The Morgan fingerprint density at radius 2 is 1.91 bits per heavy atom. The van der Waals surface area contributed by atoms with Gasteiger partial charge in [-0.2, -0.15) is 0 Å². The normalized spacial score (nSPS) is 28.7. The minimum absolute atomic E-state index is 0.0249. The lowest BCUT2D eigenvalue weighted by Crippen LogP contribution is -2.57. The molecule has 0 bridgehead atoms. The van der Waals surface area contributed by atoms with Crippen LogP contribution in [0.4, 0.5) is 5.69 Å². The van der Waals surface area contributed by atoms with Crippen LogP contribution in [0.15, 0.2) is 24.3 Å². The maximum Gasteiger partial charge on any atom is 0.227 e. The van der Waals surface area contributed by atoms with Crippen LogP contribution >= 0.6 is 11.6 Å². The molecule has 2 atom stereocenters. The number of carbonyl (C=O) groups excluding carboxylic acids is 1. The minimum Gasteiger partial charge on any atom is -0.367 e. The second-order valence-corrected chi connectivity index (χ2v) is 7.48. The van der Waals surface area contributed by atoms with E-state index in [1.54, 1.807) is 0 Å². The van der Waals surface area contributed by atoms with Crippen molar-refractivity contribution in [2.75, 3.05) is 31.1 Å². The number of benzene rings is 1. The number of nitrogens with two attached hydrogens (primary N) is 1. The quantitative estimate of drug-likeness (QED) is 0.904. The third kappa shape index (κ3) is 3.48. The van der Waals surface area contributed by atoms with Gasteiger partial charge in [-0.25, -0.2) is 0 Å². The van der Waals surface area contributed by atoms with Crippen molar-refractivity contribution in [3.63, 3.8) is 0 Å². The first-order chi connectivity index (χ1) is 11.0. The van der Waals surface area contributed by atoms with Gasteiger partial charge in [-0.15, -0.1) is 0 Å². The molecular weight excluding hydrogens is 310 g/mol. The summed E-state index contributed by atoms with van der Waals surface area (Å²) in [4.78, 5) is 17.1. The number of hydrogen-bond donors (Lipinski definition) is 1. The first-order valence-electron chi connectivity index (χ1n) is 8.56. The summed E-state index contributed by atoms with van der Waals surface area (Å²) in [5.41, 5.74) is 7.10. The lowest BCUT2D eigenvalue weighted by molar-refractivity contribution is -0.139. The second-order valence-electron chi connectivity index (χ2n) is 7.07. The van der Waals surface area contributed by atoms with Crippen molar-refractivity contribution in [2.45, 2.75) is 38.1 Å². The van der Waals surface area contributed by atoms with Gasteiger partial charge in [0.15, 0.2) is 0 Å². The smallest absolute Gasteiger partial charge is 0.227 e. The highest BCUT2D eigenvalue weighted by Crippen LogP contribution is 2.33. The summed E-state index contributed by atoms with van der Waals surface area (Å²) in [6, 6.07) is 7.89. The molecule has 1 aliphatic heterocycles. The predicted molar refractivity (Wildman–Crippen MR) is 94.8 cm³/mol. The van der Waals surface area contributed by atoms with Crippen molar-refractivity contribution in [3.05, 3.63) is 29.3 Å². The molecule has 4 nitrogen and oxygen atoms in total. The average molecular weight is 336 g/mol. The molecule has 2 fully saturated rings. The van der Waals surface area contributed by atoms with Gasteiger partial charge in [0.1, 0.15) is 0 Å². The van der Waals surface area contributed by atoms with Gasteiger partial charge in [-0.1, -0.05) is 36.6 Å². The second kappa shape index (κ2) is 6.70. The first kappa shape index (κ1) is 16.6. The van der Waals surface area contributed by atoms with E-state index >= 15 is 0 Å². The van der Waals surface area contributed by atoms with Crippen LogP contribution in [-0.2, 0) is 4.79 Å². The highest BCUT2D eigenvalue weighted by Gasteiger charge is 2.40. The Morgan fingerprint density at radius 1 is 1.22 bits per heavy atom. The summed E-state index contributed by atoms with van der Waals surface area (Å²) in [5.74, 6) is 0.219. The van der Waals surface area contributed by atoms with Crippen molar-refractivity contribution in [3.8, 4) is 0 Å². The molecule has 1 aliphatic carbocycles. The maximum atomic E-state index is 12.9.